The van der Waals surface area contributed by atoms with E-state index >= 15 is 0 Å². The fourth-order valence-electron chi connectivity index (χ4n) is 2.42. The Balaban J connectivity index is 1.98. The Hall–Kier alpha value is -0.890. The molecule has 1 aliphatic rings. The van der Waals surface area contributed by atoms with Gasteiger partial charge in [0.05, 0.1) is 0 Å². The largest absolute Gasteiger partial charge is 0.310 e. The molecule has 0 saturated heterocycles. The second-order valence-corrected chi connectivity index (χ2v) is 6.61. The van der Waals surface area contributed by atoms with Crippen molar-refractivity contribution in [1.82, 2.24) is 5.32 Å². The summed E-state index contributed by atoms with van der Waals surface area (Å²) in [6, 6.07) is 5.61. The van der Waals surface area contributed by atoms with Crippen LogP contribution < -0.4 is 5.32 Å². The second kappa shape index (κ2) is 5.00. The third kappa shape index (κ3) is 2.92. The number of nitrogens with one attached hydrogen (secondary N) is 1. The van der Waals surface area contributed by atoms with Gasteiger partial charge in [-0.05, 0) is 54.0 Å². The van der Waals surface area contributed by atoms with Gasteiger partial charge in [0.1, 0.15) is 5.82 Å². The lowest BCUT2D eigenvalue weighted by atomic mass is 9.82. The van der Waals surface area contributed by atoms with Gasteiger partial charge in [0.15, 0.2) is 0 Å². The number of aryl methyl sites for hydroxylation is 1. The van der Waals surface area contributed by atoms with Crippen LogP contribution in [-0.4, -0.2) is 6.54 Å². The Bertz CT molecular complexity index is 420. The molecule has 0 heterocycles. The summed E-state index contributed by atoms with van der Waals surface area (Å²) in [5.41, 5.74) is 2.80. The van der Waals surface area contributed by atoms with Gasteiger partial charge in [0.2, 0.25) is 0 Å². The van der Waals surface area contributed by atoms with Crippen molar-refractivity contribution in [3.63, 3.8) is 0 Å². The van der Waals surface area contributed by atoms with Crippen molar-refractivity contribution in [2.24, 2.45) is 11.3 Å². The summed E-state index contributed by atoms with van der Waals surface area (Å²) in [5, 5.41) is 3.64. The van der Waals surface area contributed by atoms with Crippen molar-refractivity contribution >= 4 is 0 Å². The molecular formula is C16H24FN. The molecule has 2 atom stereocenters. The Morgan fingerprint density at radius 1 is 1.39 bits per heavy atom. The van der Waals surface area contributed by atoms with E-state index in [4.69, 9.17) is 0 Å². The number of rotatable bonds is 3. The van der Waals surface area contributed by atoms with Gasteiger partial charge in [-0.1, -0.05) is 33.8 Å². The van der Waals surface area contributed by atoms with Crippen molar-refractivity contribution in [1.29, 1.82) is 0 Å². The Labute approximate surface area is 110 Å². The normalized spacial score (nSPS) is 20.8. The fraction of sp³-hybridized carbons (Fsp3) is 0.625. The molecule has 1 aromatic rings. The minimum atomic E-state index is -0.113. The molecule has 1 nitrogen and oxygen atoms in total. The average molecular weight is 249 g/mol. The van der Waals surface area contributed by atoms with Crippen LogP contribution in [0.5, 0.6) is 0 Å². The second-order valence-electron chi connectivity index (χ2n) is 6.61. The van der Waals surface area contributed by atoms with E-state index in [9.17, 15) is 4.39 Å². The van der Waals surface area contributed by atoms with E-state index < -0.39 is 0 Å². The summed E-state index contributed by atoms with van der Waals surface area (Å²) in [4.78, 5) is 0. The number of benzene rings is 1. The molecule has 18 heavy (non-hydrogen) atoms. The molecule has 0 fully saturated rings. The van der Waals surface area contributed by atoms with Crippen molar-refractivity contribution < 1.29 is 4.39 Å². The fourth-order valence-corrected chi connectivity index (χ4v) is 2.42. The minimum absolute atomic E-state index is 0.113. The van der Waals surface area contributed by atoms with Crippen molar-refractivity contribution in [3.8, 4) is 0 Å². The van der Waals surface area contributed by atoms with Gasteiger partial charge in [0.25, 0.3) is 0 Å². The molecule has 100 valence electrons. The van der Waals surface area contributed by atoms with Crippen LogP contribution in [0, 0.1) is 17.2 Å². The maximum absolute atomic E-state index is 13.1. The molecular weight excluding hydrogens is 225 g/mol. The van der Waals surface area contributed by atoms with E-state index in [0.717, 1.165) is 19.4 Å². The number of halogens is 1. The molecule has 2 rings (SSSR count). The smallest absolute Gasteiger partial charge is 0.123 e. The van der Waals surface area contributed by atoms with E-state index in [0.29, 0.717) is 17.4 Å². The molecule has 0 saturated carbocycles. The average Bonchev–Trinajstić information content (AvgIpc) is 2.66. The van der Waals surface area contributed by atoms with Gasteiger partial charge in [-0.3, -0.25) is 0 Å². The molecule has 2 heteroatoms. The zero-order chi connectivity index (χ0) is 13.3. The lowest BCUT2D eigenvalue weighted by Gasteiger charge is -2.29. The molecule has 1 aliphatic carbocycles. The highest BCUT2D eigenvalue weighted by molar-refractivity contribution is 5.34. The summed E-state index contributed by atoms with van der Waals surface area (Å²) in [7, 11) is 0. The molecule has 1 N–H and O–H groups in total. The predicted molar refractivity (Wildman–Crippen MR) is 74.1 cm³/mol. The highest BCUT2D eigenvalue weighted by Crippen LogP contribution is 2.32. The third-order valence-corrected chi connectivity index (χ3v) is 4.33. The summed E-state index contributed by atoms with van der Waals surface area (Å²) in [5.74, 6) is 0.513. The summed E-state index contributed by atoms with van der Waals surface area (Å²) < 4.78 is 13.1. The zero-order valence-corrected chi connectivity index (χ0v) is 11.9. The van der Waals surface area contributed by atoms with Gasteiger partial charge in [-0.2, -0.15) is 0 Å². The zero-order valence-electron chi connectivity index (χ0n) is 11.9. The van der Waals surface area contributed by atoms with Gasteiger partial charge in [0, 0.05) is 6.04 Å². The first kappa shape index (κ1) is 13.5. The van der Waals surface area contributed by atoms with Crippen molar-refractivity contribution in [2.45, 2.75) is 46.6 Å². The topological polar surface area (TPSA) is 12.0 Å². The van der Waals surface area contributed by atoms with Gasteiger partial charge in [-0.15, -0.1) is 0 Å². The monoisotopic (exact) mass is 249 g/mol. The molecule has 0 aliphatic heterocycles. The SMILES string of the molecule is CC(CNC1CCc2cc(F)ccc21)C(C)(C)C. The van der Waals surface area contributed by atoms with Crippen LogP contribution >= 0.6 is 0 Å². The lowest BCUT2D eigenvalue weighted by molar-refractivity contribution is 0.245. The maximum atomic E-state index is 13.1. The van der Waals surface area contributed by atoms with E-state index in [1.807, 2.05) is 6.07 Å². The Morgan fingerprint density at radius 2 is 2.11 bits per heavy atom. The van der Waals surface area contributed by atoms with E-state index in [1.165, 1.54) is 11.1 Å². The van der Waals surface area contributed by atoms with E-state index in [1.54, 1.807) is 12.1 Å². The molecule has 0 aromatic heterocycles. The van der Waals surface area contributed by atoms with Crippen molar-refractivity contribution in [2.75, 3.05) is 6.54 Å². The molecule has 0 spiro atoms. The van der Waals surface area contributed by atoms with Crippen LogP contribution in [-0.2, 0) is 6.42 Å². The first-order valence-electron chi connectivity index (χ1n) is 6.89. The number of hydrogen-bond donors (Lipinski definition) is 1. The minimum Gasteiger partial charge on any atom is -0.310 e. The summed E-state index contributed by atoms with van der Waals surface area (Å²) in [6.45, 7) is 10.1. The highest BCUT2D eigenvalue weighted by Gasteiger charge is 2.25. The molecule has 1 aromatic carbocycles. The Kier molecular flexibility index (Phi) is 3.76. The van der Waals surface area contributed by atoms with Crippen LogP contribution in [0.4, 0.5) is 4.39 Å². The van der Waals surface area contributed by atoms with E-state index in [2.05, 4.69) is 33.0 Å². The first-order valence-corrected chi connectivity index (χ1v) is 6.89. The predicted octanol–water partition coefficient (Wildman–Crippen LogP) is 4.08. The molecule has 0 bridgehead atoms. The standard InChI is InChI=1S/C16H24FN/c1-11(16(2,3)4)10-18-15-8-5-12-9-13(17)6-7-14(12)15/h6-7,9,11,15,18H,5,8,10H2,1-4H3. The lowest BCUT2D eigenvalue weighted by Crippen LogP contribution is -2.31. The number of fused-ring (bicyclic) bond motifs is 1. The van der Waals surface area contributed by atoms with Crippen LogP contribution in [0.3, 0.4) is 0 Å². The van der Waals surface area contributed by atoms with Gasteiger partial charge in [-0.25, -0.2) is 4.39 Å². The highest BCUT2D eigenvalue weighted by atomic mass is 19.1. The molecule has 2 unspecified atom stereocenters. The summed E-state index contributed by atoms with van der Waals surface area (Å²) >= 11 is 0. The summed E-state index contributed by atoms with van der Waals surface area (Å²) in [6.07, 6.45) is 2.09. The van der Waals surface area contributed by atoms with Crippen LogP contribution in [0.15, 0.2) is 18.2 Å². The third-order valence-electron chi connectivity index (χ3n) is 4.33. The van der Waals surface area contributed by atoms with Crippen LogP contribution in [0.1, 0.15) is 51.3 Å². The molecule has 0 amide bonds. The maximum Gasteiger partial charge on any atom is 0.123 e. The molecule has 0 radical (unpaired) electrons. The van der Waals surface area contributed by atoms with Crippen LogP contribution in [0.25, 0.3) is 0 Å². The van der Waals surface area contributed by atoms with Crippen LogP contribution in [0.2, 0.25) is 0 Å². The van der Waals surface area contributed by atoms with Gasteiger partial charge >= 0.3 is 0 Å². The first-order chi connectivity index (χ1) is 8.38. The van der Waals surface area contributed by atoms with Crippen molar-refractivity contribution in [3.05, 3.63) is 35.1 Å². The quantitative estimate of drug-likeness (QED) is 0.851. The number of hydrogen-bond acceptors (Lipinski definition) is 1. The van der Waals surface area contributed by atoms with E-state index in [-0.39, 0.29) is 5.82 Å². The Morgan fingerprint density at radius 3 is 2.78 bits per heavy atom. The van der Waals surface area contributed by atoms with Gasteiger partial charge < -0.3 is 5.32 Å².